The molecule has 4 aromatic rings. The van der Waals surface area contributed by atoms with E-state index in [-0.39, 0.29) is 21.9 Å². The lowest BCUT2D eigenvalue weighted by molar-refractivity contribution is 0.116. The van der Waals surface area contributed by atoms with Crippen LogP contribution >= 0.6 is 0 Å². The molecule has 4 aromatic carbocycles. The summed E-state index contributed by atoms with van der Waals surface area (Å²) in [6.45, 7) is 6.36. The summed E-state index contributed by atoms with van der Waals surface area (Å²) in [6, 6.07) is 33.5. The molecule has 56 heavy (non-hydrogen) atoms. The van der Waals surface area contributed by atoms with Crippen molar-refractivity contribution in [2.75, 3.05) is 13.2 Å². The second-order valence-corrected chi connectivity index (χ2v) is 19.1. The first-order valence-corrected chi connectivity index (χ1v) is 23.2. The van der Waals surface area contributed by atoms with Crippen LogP contribution in [0.5, 0.6) is 0 Å². The maximum Gasteiger partial charge on any atom is 0.264 e. The lowest BCUT2D eigenvalue weighted by Crippen LogP contribution is -2.42. The highest BCUT2D eigenvalue weighted by Gasteiger charge is 2.46. The average molecular weight is 799 g/mol. The fourth-order valence-corrected chi connectivity index (χ4v) is 11.4. The molecule has 1 fully saturated rings. The molecule has 0 unspecified atom stereocenters. The number of benzene rings is 4. The Morgan fingerprint density at radius 3 is 1.55 bits per heavy atom. The number of ether oxygens (including phenoxy) is 2. The topological polar surface area (TPSA) is 93.2 Å². The minimum absolute atomic E-state index is 0.172. The Hall–Kier alpha value is -3.80. The minimum atomic E-state index is -3.86. The third kappa shape index (κ3) is 11.0. The van der Waals surface area contributed by atoms with Crippen molar-refractivity contribution in [3.05, 3.63) is 143 Å². The van der Waals surface area contributed by atoms with Gasteiger partial charge >= 0.3 is 0 Å². The lowest BCUT2D eigenvalue weighted by atomic mass is 9.99. The van der Waals surface area contributed by atoms with Crippen LogP contribution in [-0.4, -0.2) is 56.8 Å². The van der Waals surface area contributed by atoms with Crippen LogP contribution in [0, 0.1) is 13.8 Å². The lowest BCUT2D eigenvalue weighted by Gasteiger charge is -2.30. The van der Waals surface area contributed by atoms with Crippen molar-refractivity contribution in [3.63, 3.8) is 0 Å². The van der Waals surface area contributed by atoms with Crippen LogP contribution in [0.25, 0.3) is 0 Å². The molecule has 0 N–H and O–H groups in total. The Kier molecular flexibility index (Phi) is 15.0. The van der Waals surface area contributed by atoms with Gasteiger partial charge in [0.05, 0.1) is 23.0 Å². The van der Waals surface area contributed by atoms with Gasteiger partial charge in [-0.15, -0.1) is 0 Å². The van der Waals surface area contributed by atoms with Crippen molar-refractivity contribution in [1.29, 1.82) is 0 Å². The van der Waals surface area contributed by atoms with Gasteiger partial charge in [-0.05, 0) is 99.8 Å². The maximum absolute atomic E-state index is 14.6. The van der Waals surface area contributed by atoms with E-state index in [4.69, 9.17) is 9.47 Å². The number of rotatable bonds is 21. The second kappa shape index (κ2) is 20.1. The van der Waals surface area contributed by atoms with Crippen molar-refractivity contribution in [2.24, 2.45) is 0 Å². The Labute approximate surface area is 335 Å². The molecule has 0 spiro atoms. The number of hydrogen-bond acceptors (Lipinski definition) is 6. The SMILES string of the molecule is Cc1ccc(S(=O)(=O)N2C=C([C@H]3CC[C@@H](CCCCCOCc4ccccc4)N3S(=O)(=O)c3ccc(C)cc3)C[C@H]2CCCCCOCc2ccccc2)cc1. The number of aryl methyl sites for hydroxylation is 2. The van der Waals surface area contributed by atoms with Gasteiger partial charge in [-0.2, -0.15) is 4.31 Å². The van der Waals surface area contributed by atoms with Crippen molar-refractivity contribution >= 4 is 20.0 Å². The molecule has 2 aliphatic heterocycles. The fourth-order valence-electron chi connectivity index (χ4n) is 7.96. The summed E-state index contributed by atoms with van der Waals surface area (Å²) in [7, 11) is -7.73. The van der Waals surface area contributed by atoms with E-state index in [1.54, 1.807) is 39.1 Å². The molecule has 8 nitrogen and oxygen atoms in total. The van der Waals surface area contributed by atoms with E-state index < -0.39 is 26.1 Å². The van der Waals surface area contributed by atoms with Gasteiger partial charge < -0.3 is 9.47 Å². The van der Waals surface area contributed by atoms with E-state index in [1.165, 1.54) is 0 Å². The number of nitrogens with zero attached hydrogens (tertiary/aromatic N) is 2. The van der Waals surface area contributed by atoms with Crippen LogP contribution in [0.15, 0.2) is 131 Å². The zero-order valence-corrected chi connectivity index (χ0v) is 34.6. The number of sulfonamides is 2. The molecule has 10 heteroatoms. The zero-order valence-electron chi connectivity index (χ0n) is 33.0. The number of hydrogen-bond donors (Lipinski definition) is 0. The third-order valence-electron chi connectivity index (χ3n) is 11.1. The van der Waals surface area contributed by atoms with Crippen molar-refractivity contribution in [1.82, 2.24) is 8.61 Å². The molecule has 0 saturated carbocycles. The molecule has 3 atom stereocenters. The molecule has 0 aromatic heterocycles. The van der Waals surface area contributed by atoms with Crippen molar-refractivity contribution in [3.8, 4) is 0 Å². The van der Waals surface area contributed by atoms with Gasteiger partial charge in [-0.3, -0.25) is 4.31 Å². The predicted molar refractivity (Wildman–Crippen MR) is 223 cm³/mol. The molecule has 2 aliphatic rings. The Bertz CT molecular complexity index is 2060. The van der Waals surface area contributed by atoms with Crippen LogP contribution in [0.4, 0.5) is 0 Å². The summed E-state index contributed by atoms with van der Waals surface area (Å²) >= 11 is 0. The maximum atomic E-state index is 14.6. The molecule has 6 rings (SSSR count). The van der Waals surface area contributed by atoms with Crippen LogP contribution in [-0.2, 0) is 42.7 Å². The molecule has 1 saturated heterocycles. The van der Waals surface area contributed by atoms with Gasteiger partial charge in [-0.1, -0.05) is 122 Å². The van der Waals surface area contributed by atoms with Gasteiger partial charge in [-0.25, -0.2) is 16.8 Å². The van der Waals surface area contributed by atoms with Gasteiger partial charge in [0.15, 0.2) is 0 Å². The first kappa shape index (κ1) is 41.8. The zero-order chi connectivity index (χ0) is 39.4. The summed E-state index contributed by atoms with van der Waals surface area (Å²) in [5.41, 5.74) is 5.16. The fraction of sp³-hybridized carbons (Fsp3) is 0.435. The molecule has 0 aliphatic carbocycles. The van der Waals surface area contributed by atoms with Gasteiger partial charge in [0.1, 0.15) is 0 Å². The second-order valence-electron chi connectivity index (χ2n) is 15.4. The number of unbranched alkanes of at least 4 members (excludes halogenated alkanes) is 4. The van der Waals surface area contributed by atoms with E-state index in [2.05, 4.69) is 24.3 Å². The molecular weight excluding hydrogens is 741 g/mol. The van der Waals surface area contributed by atoms with Crippen LogP contribution in [0.3, 0.4) is 0 Å². The highest BCUT2D eigenvalue weighted by atomic mass is 32.2. The molecule has 2 heterocycles. The Morgan fingerprint density at radius 2 is 1.04 bits per heavy atom. The predicted octanol–water partition coefficient (Wildman–Crippen LogP) is 9.73. The van der Waals surface area contributed by atoms with Gasteiger partial charge in [0.25, 0.3) is 10.0 Å². The van der Waals surface area contributed by atoms with Crippen molar-refractivity contribution < 1.29 is 26.3 Å². The average Bonchev–Trinajstić information content (AvgIpc) is 3.84. The first-order valence-electron chi connectivity index (χ1n) is 20.3. The molecule has 0 bridgehead atoms. The Morgan fingerprint density at radius 1 is 0.554 bits per heavy atom. The van der Waals surface area contributed by atoms with Gasteiger partial charge in [0.2, 0.25) is 10.0 Å². The van der Waals surface area contributed by atoms with Crippen LogP contribution < -0.4 is 0 Å². The first-order chi connectivity index (χ1) is 27.1. The normalized spacial score (nSPS) is 19.1. The van der Waals surface area contributed by atoms with Crippen LogP contribution in [0.1, 0.15) is 92.9 Å². The summed E-state index contributed by atoms with van der Waals surface area (Å²) in [5.74, 6) is 0. The molecule has 300 valence electrons. The van der Waals surface area contributed by atoms with Crippen LogP contribution in [0.2, 0.25) is 0 Å². The molecular formula is C46H58N2O6S2. The highest BCUT2D eigenvalue weighted by molar-refractivity contribution is 7.89. The third-order valence-corrected chi connectivity index (χ3v) is 14.9. The molecule has 0 amide bonds. The van der Waals surface area contributed by atoms with E-state index in [9.17, 15) is 16.8 Å². The van der Waals surface area contributed by atoms with E-state index >= 15 is 0 Å². The Balaban J connectivity index is 1.14. The smallest absolute Gasteiger partial charge is 0.264 e. The van der Waals surface area contributed by atoms with Crippen molar-refractivity contribution in [2.45, 2.75) is 126 Å². The summed E-state index contributed by atoms with van der Waals surface area (Å²) in [6.07, 6.45) is 10.5. The summed E-state index contributed by atoms with van der Waals surface area (Å²) in [4.78, 5) is 0.532. The summed E-state index contributed by atoms with van der Waals surface area (Å²) < 4.78 is 72.8. The summed E-state index contributed by atoms with van der Waals surface area (Å²) in [5, 5.41) is 0. The minimum Gasteiger partial charge on any atom is -0.377 e. The monoisotopic (exact) mass is 798 g/mol. The van der Waals surface area contributed by atoms with Gasteiger partial charge in [0, 0.05) is 37.5 Å². The van der Waals surface area contributed by atoms with E-state index in [1.807, 2.05) is 74.5 Å². The quantitative estimate of drug-likeness (QED) is 0.0780. The standard InChI is InChI=1S/C46H58N2O6S2/c1-37-21-26-44(27-22-37)55(49,50)47-34-41(33-43(47)20-12-6-14-32-54-36-40-17-9-4-10-18-40)46-30-25-42(48(46)56(51,52)45-28-23-38(2)24-29-45)19-11-5-13-31-53-35-39-15-7-3-8-16-39/h3-4,7-10,15-18,21-24,26-29,34,42-43,46H,5-6,11-14,19-20,25,30-33,35-36H2,1-2H3/t42-,43-,46-/m1/s1. The molecule has 0 radical (unpaired) electrons. The highest BCUT2D eigenvalue weighted by Crippen LogP contribution is 2.42. The largest absolute Gasteiger partial charge is 0.377 e. The van der Waals surface area contributed by atoms with E-state index in [0.717, 1.165) is 79.2 Å². The van der Waals surface area contributed by atoms with E-state index in [0.29, 0.717) is 45.7 Å².